The van der Waals surface area contributed by atoms with Crippen molar-refractivity contribution in [3.05, 3.63) is 22.2 Å². The largest absolute Gasteiger partial charge is 0.486 e. The number of carbonyl (C=O) groups excluding carboxylic acids is 1. The lowest BCUT2D eigenvalue weighted by Crippen LogP contribution is -2.19. The number of benzene rings is 1. The van der Waals surface area contributed by atoms with Crippen molar-refractivity contribution in [1.29, 1.82) is 0 Å². The molecule has 1 aromatic rings. The number of fused-ring (bicyclic) bond motifs is 1. The zero-order valence-electron chi connectivity index (χ0n) is 9.87. The molecule has 0 bridgehead atoms. The Labute approximate surface area is 110 Å². The maximum atomic E-state index is 11.1. The summed E-state index contributed by atoms with van der Waals surface area (Å²) in [6.07, 6.45) is 1.78. The highest BCUT2D eigenvalue weighted by Gasteiger charge is 2.28. The third kappa shape index (κ3) is 1.85. The number of carbonyl (C=O) groups is 1. The Hall–Kier alpha value is -1.26. The van der Waals surface area contributed by atoms with Gasteiger partial charge in [0.1, 0.15) is 13.2 Å². The molecule has 0 aliphatic carbocycles. The first-order valence-corrected chi connectivity index (χ1v) is 6.47. The molecule has 0 saturated carbocycles. The number of aldehydes is 1. The Kier molecular flexibility index (Phi) is 3.14. The topological polar surface area (TPSA) is 47.6 Å². The fourth-order valence-electron chi connectivity index (χ4n) is 2.55. The first-order valence-electron chi connectivity index (χ1n) is 6.09. The number of nitrogens with one attached hydrogen (secondary N) is 1. The summed E-state index contributed by atoms with van der Waals surface area (Å²) in [6, 6.07) is 1.84. The molecule has 1 unspecified atom stereocenters. The Bertz CT molecular complexity index is 484. The van der Waals surface area contributed by atoms with Crippen molar-refractivity contribution in [2.24, 2.45) is 0 Å². The molecule has 1 saturated heterocycles. The van der Waals surface area contributed by atoms with E-state index in [0.29, 0.717) is 41.2 Å². The summed E-state index contributed by atoms with van der Waals surface area (Å²) >= 11 is 6.16. The average Bonchev–Trinajstić information content (AvgIpc) is 2.91. The van der Waals surface area contributed by atoms with E-state index in [4.69, 9.17) is 21.1 Å². The van der Waals surface area contributed by atoms with E-state index < -0.39 is 0 Å². The van der Waals surface area contributed by atoms with Gasteiger partial charge in [-0.05, 0) is 19.0 Å². The first-order chi connectivity index (χ1) is 8.81. The molecule has 1 aromatic carbocycles. The van der Waals surface area contributed by atoms with Gasteiger partial charge in [-0.3, -0.25) is 4.79 Å². The number of hydrogen-bond donors (Lipinski definition) is 1. The Morgan fingerprint density at radius 3 is 2.78 bits per heavy atom. The van der Waals surface area contributed by atoms with E-state index in [9.17, 15) is 4.79 Å². The van der Waals surface area contributed by atoms with Crippen molar-refractivity contribution in [3.8, 4) is 11.5 Å². The normalized spacial score (nSPS) is 21.9. The molecule has 2 aliphatic heterocycles. The molecule has 18 heavy (non-hydrogen) atoms. The molecule has 2 heterocycles. The summed E-state index contributed by atoms with van der Waals surface area (Å²) < 4.78 is 11.3. The molecule has 5 heteroatoms. The van der Waals surface area contributed by atoms with Gasteiger partial charge >= 0.3 is 0 Å². The van der Waals surface area contributed by atoms with Crippen molar-refractivity contribution >= 4 is 17.9 Å². The van der Waals surface area contributed by atoms with Crippen LogP contribution in [0.1, 0.15) is 28.3 Å². The van der Waals surface area contributed by atoms with Crippen LogP contribution >= 0.6 is 11.6 Å². The Balaban J connectivity index is 2.13. The number of hydrogen-bond acceptors (Lipinski definition) is 4. The second-order valence-corrected chi connectivity index (χ2v) is 4.93. The van der Waals surface area contributed by atoms with Crippen LogP contribution in [0.5, 0.6) is 11.5 Å². The standard InChI is InChI=1S/C13H14ClNO3/c14-11-5-9(8-1-2-15-6-8)12-13(10(11)7-16)18-4-3-17-12/h5,7-8,15H,1-4,6H2. The van der Waals surface area contributed by atoms with Gasteiger partial charge in [-0.1, -0.05) is 11.6 Å². The number of rotatable bonds is 2. The summed E-state index contributed by atoms with van der Waals surface area (Å²) in [5, 5.41) is 3.76. The van der Waals surface area contributed by atoms with E-state index in [2.05, 4.69) is 5.32 Å². The lowest BCUT2D eigenvalue weighted by Gasteiger charge is -2.25. The van der Waals surface area contributed by atoms with E-state index in [1.165, 1.54) is 0 Å². The number of halogens is 1. The van der Waals surface area contributed by atoms with Gasteiger partial charge in [0, 0.05) is 18.0 Å². The molecule has 1 atom stereocenters. The fraction of sp³-hybridized carbons (Fsp3) is 0.462. The van der Waals surface area contributed by atoms with Crippen LogP contribution in [0.15, 0.2) is 6.07 Å². The summed E-state index contributed by atoms with van der Waals surface area (Å²) in [5.41, 5.74) is 1.44. The lowest BCUT2D eigenvalue weighted by molar-refractivity contribution is 0.111. The predicted octanol–water partition coefficient (Wildman–Crippen LogP) is 2.00. The van der Waals surface area contributed by atoms with Gasteiger partial charge in [0.15, 0.2) is 17.8 Å². The first kappa shape index (κ1) is 11.8. The molecule has 4 nitrogen and oxygen atoms in total. The Morgan fingerprint density at radius 2 is 2.11 bits per heavy atom. The van der Waals surface area contributed by atoms with Crippen molar-refractivity contribution in [2.75, 3.05) is 26.3 Å². The molecule has 0 radical (unpaired) electrons. The third-order valence-corrected chi connectivity index (χ3v) is 3.76. The van der Waals surface area contributed by atoms with Gasteiger partial charge in [-0.25, -0.2) is 0 Å². The molecule has 3 rings (SSSR count). The van der Waals surface area contributed by atoms with Gasteiger partial charge in [0.05, 0.1) is 10.6 Å². The lowest BCUT2D eigenvalue weighted by atomic mass is 9.95. The molecular weight excluding hydrogens is 254 g/mol. The van der Waals surface area contributed by atoms with Crippen LogP contribution < -0.4 is 14.8 Å². The Morgan fingerprint density at radius 1 is 1.33 bits per heavy atom. The van der Waals surface area contributed by atoms with Gasteiger partial charge in [0.25, 0.3) is 0 Å². The van der Waals surface area contributed by atoms with Crippen molar-refractivity contribution in [2.45, 2.75) is 12.3 Å². The zero-order valence-corrected chi connectivity index (χ0v) is 10.6. The van der Waals surface area contributed by atoms with Crippen molar-refractivity contribution < 1.29 is 14.3 Å². The maximum absolute atomic E-state index is 11.1. The SMILES string of the molecule is O=Cc1c(Cl)cc(C2CCNC2)c2c1OCCO2. The van der Waals surface area contributed by atoms with Crippen molar-refractivity contribution in [1.82, 2.24) is 5.32 Å². The van der Waals surface area contributed by atoms with Gasteiger partial charge in [0.2, 0.25) is 0 Å². The van der Waals surface area contributed by atoms with E-state index in [1.54, 1.807) is 0 Å². The summed E-state index contributed by atoms with van der Waals surface area (Å²) in [7, 11) is 0. The molecule has 2 aliphatic rings. The minimum Gasteiger partial charge on any atom is -0.486 e. The van der Waals surface area contributed by atoms with Crippen LogP contribution in [0.25, 0.3) is 0 Å². The van der Waals surface area contributed by atoms with E-state index in [0.717, 1.165) is 31.4 Å². The predicted molar refractivity (Wildman–Crippen MR) is 68.1 cm³/mol. The molecule has 96 valence electrons. The minimum atomic E-state index is 0.374. The van der Waals surface area contributed by atoms with E-state index in [-0.39, 0.29) is 0 Å². The monoisotopic (exact) mass is 267 g/mol. The van der Waals surface area contributed by atoms with E-state index >= 15 is 0 Å². The summed E-state index contributed by atoms with van der Waals surface area (Å²) in [4.78, 5) is 11.1. The number of ether oxygens (including phenoxy) is 2. The van der Waals surface area contributed by atoms with Crippen LogP contribution in [0.4, 0.5) is 0 Å². The second kappa shape index (κ2) is 4.78. The van der Waals surface area contributed by atoms with Gasteiger partial charge in [-0.15, -0.1) is 0 Å². The molecule has 0 aromatic heterocycles. The average molecular weight is 268 g/mol. The molecule has 1 N–H and O–H groups in total. The third-order valence-electron chi connectivity index (χ3n) is 3.45. The summed E-state index contributed by atoms with van der Waals surface area (Å²) in [6.45, 7) is 2.87. The zero-order chi connectivity index (χ0) is 12.5. The van der Waals surface area contributed by atoms with Crippen LogP contribution in [0, 0.1) is 0 Å². The maximum Gasteiger partial charge on any atom is 0.173 e. The fourth-order valence-corrected chi connectivity index (χ4v) is 2.80. The van der Waals surface area contributed by atoms with E-state index in [1.807, 2.05) is 6.07 Å². The van der Waals surface area contributed by atoms with Crippen LogP contribution in [0.2, 0.25) is 5.02 Å². The van der Waals surface area contributed by atoms with Crippen LogP contribution in [0.3, 0.4) is 0 Å². The highest BCUT2D eigenvalue weighted by molar-refractivity contribution is 6.33. The van der Waals surface area contributed by atoms with Crippen LogP contribution in [-0.2, 0) is 0 Å². The molecule has 0 amide bonds. The van der Waals surface area contributed by atoms with Crippen molar-refractivity contribution in [3.63, 3.8) is 0 Å². The van der Waals surface area contributed by atoms with Crippen LogP contribution in [-0.4, -0.2) is 32.6 Å². The molecular formula is C13H14ClNO3. The van der Waals surface area contributed by atoms with Gasteiger partial charge in [-0.2, -0.15) is 0 Å². The summed E-state index contributed by atoms with van der Waals surface area (Å²) in [5.74, 6) is 1.57. The van der Waals surface area contributed by atoms with Gasteiger partial charge < -0.3 is 14.8 Å². The minimum absolute atomic E-state index is 0.374. The quantitative estimate of drug-likeness (QED) is 0.833. The second-order valence-electron chi connectivity index (χ2n) is 4.52. The highest BCUT2D eigenvalue weighted by atomic mass is 35.5. The smallest absolute Gasteiger partial charge is 0.173 e. The molecule has 1 fully saturated rings. The highest BCUT2D eigenvalue weighted by Crippen LogP contribution is 2.44. The molecule has 0 spiro atoms.